The van der Waals surface area contributed by atoms with Gasteiger partial charge in [-0.1, -0.05) is 0 Å². The first-order chi connectivity index (χ1) is 8.72. The molecule has 0 fully saturated rings. The summed E-state index contributed by atoms with van der Waals surface area (Å²) in [4.78, 5) is 32.5. The summed E-state index contributed by atoms with van der Waals surface area (Å²) in [5.41, 5.74) is 0. The van der Waals surface area contributed by atoms with Crippen LogP contribution >= 0.6 is 0 Å². The normalized spacial score (nSPS) is 15.0. The van der Waals surface area contributed by atoms with Crippen molar-refractivity contribution in [2.45, 2.75) is 53.1 Å². The van der Waals surface area contributed by atoms with Crippen molar-refractivity contribution in [3.63, 3.8) is 0 Å². The van der Waals surface area contributed by atoms with Crippen molar-refractivity contribution in [1.82, 2.24) is 0 Å². The minimum Gasteiger partial charge on any atom is -0.462 e. The maximum Gasteiger partial charge on any atom is 0.304 e. The molecule has 0 N–H and O–H groups in total. The van der Waals surface area contributed by atoms with Crippen molar-refractivity contribution < 1.29 is 33.3 Å². The second-order valence-corrected chi connectivity index (χ2v) is 3.97. The lowest BCUT2D eigenvalue weighted by molar-refractivity contribution is -0.201. The van der Waals surface area contributed by atoms with Crippen LogP contribution in [0.2, 0.25) is 0 Å². The molecule has 0 aliphatic carbocycles. The topological polar surface area (TPSA) is 88.1 Å². The zero-order valence-electron chi connectivity index (χ0n) is 11.8. The van der Waals surface area contributed by atoms with E-state index in [1.807, 2.05) is 0 Å². The number of carbonyl (C=O) groups is 3. The molecule has 0 aromatic rings. The molecule has 110 valence electrons. The van der Waals surface area contributed by atoms with Gasteiger partial charge in [-0.2, -0.15) is 0 Å². The Kier molecular flexibility index (Phi) is 7.74. The zero-order valence-corrected chi connectivity index (χ0v) is 11.8. The second kappa shape index (κ2) is 8.47. The first kappa shape index (κ1) is 17.4. The Balaban J connectivity index is 4.42. The van der Waals surface area contributed by atoms with E-state index in [1.165, 1.54) is 27.7 Å². The molecule has 7 nitrogen and oxygen atoms in total. The Morgan fingerprint density at radius 1 is 0.895 bits per heavy atom. The predicted octanol–water partition coefficient (Wildman–Crippen LogP) is 0.795. The van der Waals surface area contributed by atoms with E-state index in [2.05, 4.69) is 0 Å². The highest BCUT2D eigenvalue weighted by molar-refractivity contribution is 5.67. The average Bonchev–Trinajstić information content (AvgIpc) is 2.21. The van der Waals surface area contributed by atoms with Gasteiger partial charge in [0, 0.05) is 20.8 Å². The van der Waals surface area contributed by atoms with Crippen LogP contribution < -0.4 is 0 Å². The molecule has 0 aromatic carbocycles. The van der Waals surface area contributed by atoms with Crippen LogP contribution in [0, 0.1) is 0 Å². The molecule has 0 radical (unpaired) electrons. The fourth-order valence-corrected chi connectivity index (χ4v) is 1.33. The Labute approximate surface area is 112 Å². The van der Waals surface area contributed by atoms with E-state index in [-0.39, 0.29) is 6.61 Å². The third-order valence-electron chi connectivity index (χ3n) is 2.03. The van der Waals surface area contributed by atoms with Crippen molar-refractivity contribution in [3.8, 4) is 0 Å². The fraction of sp³-hybridized carbons (Fsp3) is 0.750. The van der Waals surface area contributed by atoms with Crippen molar-refractivity contribution in [2.24, 2.45) is 0 Å². The van der Waals surface area contributed by atoms with Gasteiger partial charge < -0.3 is 18.9 Å². The van der Waals surface area contributed by atoms with Crippen molar-refractivity contribution in [1.29, 1.82) is 0 Å². The molecule has 0 amide bonds. The van der Waals surface area contributed by atoms with Gasteiger partial charge >= 0.3 is 17.9 Å². The first-order valence-electron chi connectivity index (χ1n) is 5.85. The van der Waals surface area contributed by atoms with E-state index in [1.54, 1.807) is 6.92 Å². The molecular weight excluding hydrogens is 256 g/mol. The number of hydrogen-bond donors (Lipinski definition) is 0. The highest BCUT2D eigenvalue weighted by Crippen LogP contribution is 2.09. The van der Waals surface area contributed by atoms with Gasteiger partial charge in [0.25, 0.3) is 0 Å². The van der Waals surface area contributed by atoms with Gasteiger partial charge in [0.05, 0.1) is 6.10 Å². The molecule has 3 atom stereocenters. The summed E-state index contributed by atoms with van der Waals surface area (Å²) < 4.78 is 19.9. The number of rotatable bonds is 7. The lowest BCUT2D eigenvalue weighted by Crippen LogP contribution is -2.38. The summed E-state index contributed by atoms with van der Waals surface area (Å²) in [6, 6.07) is 0. The smallest absolute Gasteiger partial charge is 0.304 e. The van der Waals surface area contributed by atoms with Crippen LogP contribution in [-0.2, 0) is 33.3 Å². The molecule has 0 bridgehead atoms. The van der Waals surface area contributed by atoms with Gasteiger partial charge in [0.15, 0.2) is 6.10 Å². The standard InChI is InChI=1S/C12H20O7/c1-7(17-11(5)18-9(3)14)12(19-10(4)15)6-16-8(2)13/h7,11-12H,6H2,1-5H3. The van der Waals surface area contributed by atoms with Crippen LogP contribution in [-0.4, -0.2) is 43.0 Å². The van der Waals surface area contributed by atoms with E-state index in [4.69, 9.17) is 18.9 Å². The summed E-state index contributed by atoms with van der Waals surface area (Å²) in [5.74, 6) is -1.49. The summed E-state index contributed by atoms with van der Waals surface area (Å²) in [5, 5.41) is 0. The Morgan fingerprint density at radius 2 is 1.42 bits per heavy atom. The summed E-state index contributed by atoms with van der Waals surface area (Å²) in [7, 11) is 0. The Hall–Kier alpha value is -1.63. The maximum absolute atomic E-state index is 11.0. The zero-order chi connectivity index (χ0) is 15.0. The molecule has 0 saturated heterocycles. The quantitative estimate of drug-likeness (QED) is 0.386. The third kappa shape index (κ3) is 9.01. The minimum atomic E-state index is -0.789. The van der Waals surface area contributed by atoms with E-state index >= 15 is 0 Å². The molecule has 19 heavy (non-hydrogen) atoms. The van der Waals surface area contributed by atoms with Crippen molar-refractivity contribution in [2.75, 3.05) is 6.61 Å². The van der Waals surface area contributed by atoms with Crippen LogP contribution in [0.15, 0.2) is 0 Å². The molecule has 0 rings (SSSR count). The number of hydrogen-bond acceptors (Lipinski definition) is 7. The molecule has 0 aromatic heterocycles. The lowest BCUT2D eigenvalue weighted by Gasteiger charge is -2.25. The maximum atomic E-state index is 11.0. The SMILES string of the molecule is CC(=O)OCC(OC(C)=O)C(C)OC(C)OC(C)=O. The van der Waals surface area contributed by atoms with E-state index in [0.29, 0.717) is 0 Å². The number of esters is 3. The highest BCUT2D eigenvalue weighted by Gasteiger charge is 2.25. The van der Waals surface area contributed by atoms with E-state index in [9.17, 15) is 14.4 Å². The van der Waals surface area contributed by atoms with Crippen molar-refractivity contribution >= 4 is 17.9 Å². The van der Waals surface area contributed by atoms with Crippen LogP contribution in [0.4, 0.5) is 0 Å². The average molecular weight is 276 g/mol. The summed E-state index contributed by atoms with van der Waals surface area (Å²) in [6.45, 7) is 6.78. The van der Waals surface area contributed by atoms with E-state index in [0.717, 1.165) is 0 Å². The molecular formula is C12H20O7. The van der Waals surface area contributed by atoms with Gasteiger partial charge in [-0.3, -0.25) is 14.4 Å². The van der Waals surface area contributed by atoms with Gasteiger partial charge in [-0.05, 0) is 13.8 Å². The molecule has 3 unspecified atom stereocenters. The van der Waals surface area contributed by atoms with Crippen molar-refractivity contribution in [3.05, 3.63) is 0 Å². The first-order valence-corrected chi connectivity index (χ1v) is 5.85. The summed E-state index contributed by atoms with van der Waals surface area (Å²) in [6.07, 6.45) is -2.15. The van der Waals surface area contributed by atoms with Crippen LogP contribution in [0.5, 0.6) is 0 Å². The van der Waals surface area contributed by atoms with Gasteiger partial charge in [0.1, 0.15) is 6.61 Å². The molecule has 7 heteroatoms. The van der Waals surface area contributed by atoms with Gasteiger partial charge in [0.2, 0.25) is 6.29 Å². The van der Waals surface area contributed by atoms with Crippen LogP contribution in [0.1, 0.15) is 34.6 Å². The third-order valence-corrected chi connectivity index (χ3v) is 2.03. The van der Waals surface area contributed by atoms with E-state index < -0.39 is 36.4 Å². The lowest BCUT2D eigenvalue weighted by atomic mass is 10.2. The molecule has 0 heterocycles. The van der Waals surface area contributed by atoms with Crippen LogP contribution in [0.3, 0.4) is 0 Å². The summed E-state index contributed by atoms with van der Waals surface area (Å²) >= 11 is 0. The molecule has 0 spiro atoms. The van der Waals surface area contributed by atoms with Gasteiger partial charge in [-0.15, -0.1) is 0 Å². The number of carbonyl (C=O) groups excluding carboxylic acids is 3. The molecule has 0 aliphatic heterocycles. The fourth-order valence-electron chi connectivity index (χ4n) is 1.33. The molecule has 0 saturated carbocycles. The number of ether oxygens (including phenoxy) is 4. The predicted molar refractivity (Wildman–Crippen MR) is 64.0 cm³/mol. The van der Waals surface area contributed by atoms with Crippen LogP contribution in [0.25, 0.3) is 0 Å². The van der Waals surface area contributed by atoms with Gasteiger partial charge in [-0.25, -0.2) is 0 Å². The Bertz CT molecular complexity index is 326. The highest BCUT2D eigenvalue weighted by atomic mass is 16.7. The molecule has 0 aliphatic rings. The Morgan fingerprint density at radius 3 is 1.84 bits per heavy atom. The second-order valence-electron chi connectivity index (χ2n) is 3.97. The minimum absolute atomic E-state index is 0.122. The largest absolute Gasteiger partial charge is 0.462 e. The monoisotopic (exact) mass is 276 g/mol.